The van der Waals surface area contributed by atoms with Crippen molar-refractivity contribution >= 4 is 0 Å². The van der Waals surface area contributed by atoms with Gasteiger partial charge < -0.3 is 59.8 Å². The summed E-state index contributed by atoms with van der Waals surface area (Å²) in [7, 11) is 6.21. The molecule has 0 saturated carbocycles. The molecular formula is C45H60O12. The molecule has 0 bridgehead atoms. The average Bonchev–Trinajstić information content (AvgIpc) is 3.19. The summed E-state index contributed by atoms with van der Waals surface area (Å²) >= 11 is 0. The molecule has 0 aromatic heterocycles. The summed E-state index contributed by atoms with van der Waals surface area (Å²) in [6.45, 7) is -0.201. The summed E-state index contributed by atoms with van der Waals surface area (Å²) in [5.74, 6) is 0.212. The van der Waals surface area contributed by atoms with Gasteiger partial charge in [-0.05, 0) is 120 Å². The van der Waals surface area contributed by atoms with E-state index in [9.17, 15) is 40.9 Å². The van der Waals surface area contributed by atoms with Gasteiger partial charge in [-0.1, -0.05) is 24.3 Å². The molecule has 0 saturated heterocycles. The second-order valence-corrected chi connectivity index (χ2v) is 14.5. The Balaban J connectivity index is 2.09. The summed E-state index contributed by atoms with van der Waals surface area (Å²) < 4.78 is 22.0. The van der Waals surface area contributed by atoms with E-state index in [0.29, 0.717) is 70.2 Å². The van der Waals surface area contributed by atoms with E-state index in [0.717, 1.165) is 22.3 Å². The second kappa shape index (κ2) is 22.1. The molecule has 0 unspecified atom stereocenters. The van der Waals surface area contributed by atoms with Crippen LogP contribution < -0.4 is 0 Å². The Morgan fingerprint density at radius 3 is 0.930 bits per heavy atom. The number of phenols is 4. The van der Waals surface area contributed by atoms with Crippen LogP contribution in [0.2, 0.25) is 0 Å². The Labute approximate surface area is 335 Å². The van der Waals surface area contributed by atoms with Crippen LogP contribution in [0.25, 0.3) is 0 Å². The van der Waals surface area contributed by atoms with Crippen LogP contribution in [0.4, 0.5) is 0 Å². The molecule has 57 heavy (non-hydrogen) atoms. The highest BCUT2D eigenvalue weighted by molar-refractivity contribution is 5.54. The molecule has 0 aliphatic carbocycles. The minimum absolute atomic E-state index is 0.0306. The fraction of sp³-hybridized carbons (Fsp3) is 0.467. The standard InChI is InChI=1S/C45H60O12/c1-54-25-35-19-30(20-36(26-55-2)44(35)53)6-12-45(39-21-33(9-15-48)42(51)37(23-39)27-56-3,40-22-34(10-16-49)43(52)38(24-40)28-57-4)11-5-29-17-31(7-13-46)41(50)32(18-29)8-14-47/h17-24,46-53H,5-16,25-28H2,1-4H3. The lowest BCUT2D eigenvalue weighted by Crippen LogP contribution is -2.31. The Kier molecular flexibility index (Phi) is 17.6. The first-order valence-electron chi connectivity index (χ1n) is 19.3. The topological polar surface area (TPSA) is 199 Å². The number of aryl methyl sites for hydroxylation is 2. The molecule has 312 valence electrons. The van der Waals surface area contributed by atoms with Crippen LogP contribution >= 0.6 is 0 Å². The van der Waals surface area contributed by atoms with Gasteiger partial charge in [-0.15, -0.1) is 0 Å². The third-order valence-corrected chi connectivity index (χ3v) is 10.7. The number of aliphatic hydroxyl groups is 4. The van der Waals surface area contributed by atoms with Gasteiger partial charge in [0.05, 0.1) is 26.4 Å². The number of phenolic OH excluding ortho intramolecular Hbond substituents is 4. The van der Waals surface area contributed by atoms with Gasteiger partial charge >= 0.3 is 0 Å². The molecule has 0 aliphatic heterocycles. The van der Waals surface area contributed by atoms with Crippen molar-refractivity contribution in [2.75, 3.05) is 54.9 Å². The average molecular weight is 793 g/mol. The van der Waals surface area contributed by atoms with Crippen molar-refractivity contribution < 1.29 is 59.8 Å². The van der Waals surface area contributed by atoms with Crippen molar-refractivity contribution in [3.63, 3.8) is 0 Å². The molecule has 12 nitrogen and oxygen atoms in total. The molecule has 0 spiro atoms. The van der Waals surface area contributed by atoms with Crippen LogP contribution in [0.1, 0.15) is 79.6 Å². The van der Waals surface area contributed by atoms with Gasteiger partial charge in [0, 0.05) is 82.5 Å². The zero-order valence-electron chi connectivity index (χ0n) is 33.6. The zero-order valence-corrected chi connectivity index (χ0v) is 33.6. The molecule has 0 fully saturated rings. The van der Waals surface area contributed by atoms with Gasteiger partial charge in [0.25, 0.3) is 0 Å². The lowest BCUT2D eigenvalue weighted by atomic mass is 9.66. The number of ether oxygens (including phenoxy) is 4. The number of benzene rings is 4. The van der Waals surface area contributed by atoms with Crippen LogP contribution in [0, 0.1) is 0 Å². The van der Waals surface area contributed by atoms with Crippen molar-refractivity contribution in [1.82, 2.24) is 0 Å². The van der Waals surface area contributed by atoms with E-state index in [1.807, 2.05) is 48.5 Å². The fourth-order valence-electron chi connectivity index (χ4n) is 7.92. The maximum absolute atomic E-state index is 11.4. The van der Waals surface area contributed by atoms with E-state index < -0.39 is 5.41 Å². The van der Waals surface area contributed by atoms with E-state index >= 15 is 0 Å². The first-order valence-corrected chi connectivity index (χ1v) is 19.3. The summed E-state index contributed by atoms with van der Waals surface area (Å²) in [5.41, 5.74) is 7.01. The molecular weight excluding hydrogens is 732 g/mol. The molecule has 8 N–H and O–H groups in total. The Bertz CT molecular complexity index is 1660. The lowest BCUT2D eigenvalue weighted by molar-refractivity contribution is 0.174. The fourth-order valence-corrected chi connectivity index (χ4v) is 7.92. The van der Waals surface area contributed by atoms with Gasteiger partial charge in [-0.25, -0.2) is 0 Å². The normalized spacial score (nSPS) is 11.8. The number of hydrogen-bond donors (Lipinski definition) is 8. The maximum atomic E-state index is 11.4. The number of aromatic hydroxyl groups is 4. The quantitative estimate of drug-likeness (QED) is 0.0484. The van der Waals surface area contributed by atoms with Crippen LogP contribution in [-0.4, -0.2) is 95.7 Å². The molecule has 0 radical (unpaired) electrons. The first kappa shape index (κ1) is 45.5. The smallest absolute Gasteiger partial charge is 0.126 e. The number of rotatable bonds is 24. The van der Waals surface area contributed by atoms with Crippen molar-refractivity contribution in [3.05, 3.63) is 115 Å². The van der Waals surface area contributed by atoms with Crippen molar-refractivity contribution in [3.8, 4) is 23.0 Å². The van der Waals surface area contributed by atoms with Gasteiger partial charge in [0.2, 0.25) is 0 Å². The van der Waals surface area contributed by atoms with E-state index in [1.54, 1.807) is 28.4 Å². The maximum Gasteiger partial charge on any atom is 0.126 e. The molecule has 0 aliphatic rings. The van der Waals surface area contributed by atoms with Gasteiger partial charge in [-0.3, -0.25) is 0 Å². The number of methoxy groups -OCH3 is 4. The molecule has 4 rings (SSSR count). The Morgan fingerprint density at radius 1 is 0.368 bits per heavy atom. The summed E-state index contributed by atoms with van der Waals surface area (Å²) in [5, 5.41) is 84.8. The first-order chi connectivity index (χ1) is 27.5. The van der Waals surface area contributed by atoms with Crippen LogP contribution in [0.5, 0.6) is 23.0 Å². The largest absolute Gasteiger partial charge is 0.507 e. The van der Waals surface area contributed by atoms with Crippen molar-refractivity contribution in [1.29, 1.82) is 0 Å². The number of hydrogen-bond acceptors (Lipinski definition) is 12. The van der Waals surface area contributed by atoms with Gasteiger partial charge in [-0.2, -0.15) is 0 Å². The highest BCUT2D eigenvalue weighted by Gasteiger charge is 2.37. The molecule has 0 amide bonds. The van der Waals surface area contributed by atoms with Crippen molar-refractivity contribution in [2.24, 2.45) is 0 Å². The van der Waals surface area contributed by atoms with E-state index in [4.69, 9.17) is 18.9 Å². The highest BCUT2D eigenvalue weighted by Crippen LogP contribution is 2.46. The highest BCUT2D eigenvalue weighted by atomic mass is 16.5. The van der Waals surface area contributed by atoms with E-state index in [-0.39, 0.29) is 102 Å². The SMILES string of the molecule is COCc1cc(C(CCc2cc(CCO)c(O)c(CCO)c2)(CCc2cc(COC)c(O)c(COC)c2)c2cc(CCO)c(O)c(COC)c2)cc(CCO)c1O. The van der Waals surface area contributed by atoms with Crippen molar-refractivity contribution in [2.45, 2.75) is 83.2 Å². The molecule has 12 heteroatoms. The molecule has 4 aromatic carbocycles. The third-order valence-electron chi connectivity index (χ3n) is 10.7. The minimum Gasteiger partial charge on any atom is -0.507 e. The zero-order chi connectivity index (χ0) is 41.5. The predicted octanol–water partition coefficient (Wildman–Crippen LogP) is 4.79. The Morgan fingerprint density at radius 2 is 0.614 bits per heavy atom. The van der Waals surface area contributed by atoms with Crippen LogP contribution in [0.3, 0.4) is 0 Å². The lowest BCUT2D eigenvalue weighted by Gasteiger charge is -2.38. The summed E-state index contributed by atoms with van der Waals surface area (Å²) in [6.07, 6.45) is 2.67. The minimum atomic E-state index is -0.895. The van der Waals surface area contributed by atoms with Gasteiger partial charge in [0.1, 0.15) is 23.0 Å². The summed E-state index contributed by atoms with van der Waals surface area (Å²) in [4.78, 5) is 0. The predicted molar refractivity (Wildman–Crippen MR) is 216 cm³/mol. The molecule has 0 heterocycles. The Hall–Kier alpha value is -4.24. The van der Waals surface area contributed by atoms with E-state index in [2.05, 4.69) is 0 Å². The number of aliphatic hydroxyl groups excluding tert-OH is 4. The van der Waals surface area contributed by atoms with Gasteiger partial charge in [0.15, 0.2) is 0 Å². The molecule has 0 atom stereocenters. The third kappa shape index (κ3) is 11.0. The van der Waals surface area contributed by atoms with E-state index in [1.165, 1.54) is 0 Å². The second-order valence-electron chi connectivity index (χ2n) is 14.5. The van der Waals surface area contributed by atoms with Crippen LogP contribution in [0.15, 0.2) is 48.5 Å². The van der Waals surface area contributed by atoms with Crippen LogP contribution in [-0.2, 0) is 89.3 Å². The molecule has 4 aromatic rings. The monoisotopic (exact) mass is 792 g/mol. The summed E-state index contributed by atoms with van der Waals surface area (Å²) in [6, 6.07) is 15.2.